The molecule has 166 valence electrons. The third-order valence-electron chi connectivity index (χ3n) is 7.06. The average molecular weight is 499 g/mol. The van der Waals surface area contributed by atoms with Gasteiger partial charge in [0, 0.05) is 0 Å². The fourth-order valence-corrected chi connectivity index (χ4v) is 9.74. The molecule has 0 N–H and O–H groups in total. The van der Waals surface area contributed by atoms with Crippen molar-refractivity contribution in [1.29, 1.82) is 0 Å². The summed E-state index contributed by atoms with van der Waals surface area (Å²) < 4.78 is 2.84. The molecule has 1 aromatic rings. The molecule has 3 atom stereocenters. The first-order chi connectivity index (χ1) is 13.9. The maximum absolute atomic E-state index is 4.89. The van der Waals surface area contributed by atoms with Crippen LogP contribution in [-0.4, -0.2) is 39.0 Å². The van der Waals surface area contributed by atoms with Crippen LogP contribution in [0.3, 0.4) is 0 Å². The summed E-state index contributed by atoms with van der Waals surface area (Å²) in [5.74, 6) is 1.45. The third-order valence-corrected chi connectivity index (χ3v) is 11.6. The number of hydrogen-bond acceptors (Lipinski definition) is 1. The van der Waals surface area contributed by atoms with E-state index in [-0.39, 0.29) is 7.43 Å². The van der Waals surface area contributed by atoms with Crippen LogP contribution in [0.5, 0.6) is 0 Å². The molecule has 4 rings (SSSR count). The topological polar surface area (TPSA) is 17.3 Å². The number of nitrogens with zero attached hydrogens (tertiary/aromatic N) is 2. The Bertz CT molecular complexity index is 739. The summed E-state index contributed by atoms with van der Waals surface area (Å²) in [4.78, 5) is 0. The van der Waals surface area contributed by atoms with Gasteiger partial charge in [0.15, 0.2) is 0 Å². The predicted octanol–water partition coefficient (Wildman–Crippen LogP) is 7.37. The van der Waals surface area contributed by atoms with Gasteiger partial charge in [0.2, 0.25) is 0 Å². The van der Waals surface area contributed by atoms with Crippen LogP contribution < -0.4 is 0 Å². The van der Waals surface area contributed by atoms with E-state index in [0.29, 0.717) is 5.92 Å². The maximum atomic E-state index is 4.89. The van der Waals surface area contributed by atoms with Gasteiger partial charge in [-0.3, -0.25) is 0 Å². The van der Waals surface area contributed by atoms with Crippen LogP contribution >= 0.6 is 18.6 Å². The first kappa shape index (κ1) is 26.4. The van der Waals surface area contributed by atoms with E-state index in [1.54, 1.807) is 5.57 Å². The van der Waals surface area contributed by atoms with E-state index in [9.17, 15) is 0 Å². The van der Waals surface area contributed by atoms with Crippen LogP contribution in [0, 0.1) is 33.1 Å². The number of halogens is 2. The van der Waals surface area contributed by atoms with Crippen molar-refractivity contribution in [3.05, 3.63) is 65.9 Å². The van der Waals surface area contributed by atoms with Gasteiger partial charge in [0.05, 0.1) is 0 Å². The molecule has 2 fully saturated rings. The predicted molar refractivity (Wildman–Crippen MR) is 133 cm³/mol. The Morgan fingerprint density at radius 2 is 1.63 bits per heavy atom. The Morgan fingerprint density at radius 1 is 1.03 bits per heavy atom. The van der Waals surface area contributed by atoms with Gasteiger partial charge in [-0.2, -0.15) is 0 Å². The summed E-state index contributed by atoms with van der Waals surface area (Å²) in [6.45, 7) is 14.2. The fraction of sp³-hybridized carbons (Fsp3) is 0.542. The van der Waals surface area contributed by atoms with Crippen LogP contribution in [0.15, 0.2) is 36.4 Å². The van der Waals surface area contributed by atoms with E-state index in [0.717, 1.165) is 24.5 Å². The Kier molecular flexibility index (Phi) is 10.4. The minimum absolute atomic E-state index is 0. The molecule has 0 spiro atoms. The van der Waals surface area contributed by atoms with Gasteiger partial charge >= 0.3 is 35.6 Å². The molecule has 0 radical (unpaired) electrons. The van der Waals surface area contributed by atoms with Gasteiger partial charge in [-0.25, -0.2) is 0 Å². The summed E-state index contributed by atoms with van der Waals surface area (Å²) in [6, 6.07) is 7.06. The number of benzene rings is 1. The Morgan fingerprint density at radius 3 is 2.23 bits per heavy atom. The Hall–Kier alpha value is 0.131. The molecule has 0 aromatic heterocycles. The molecule has 3 aliphatic rings. The first-order valence-corrected chi connectivity index (χ1v) is 18.0. The summed E-state index contributed by atoms with van der Waals surface area (Å²) >= 11 is -0.556. The second kappa shape index (κ2) is 11.8. The molecule has 0 bridgehead atoms. The van der Waals surface area contributed by atoms with Crippen LogP contribution in [0.2, 0.25) is 18.6 Å². The molecule has 0 amide bonds. The molecule has 1 saturated heterocycles. The molecule has 3 unspecified atom stereocenters. The molecule has 30 heavy (non-hydrogen) atoms. The van der Waals surface area contributed by atoms with Gasteiger partial charge in [-0.05, 0) is 61.9 Å². The number of rotatable bonds is 3. The first-order valence-electron chi connectivity index (χ1n) is 10.7. The zero-order chi connectivity index (χ0) is 21.0. The van der Waals surface area contributed by atoms with Crippen molar-refractivity contribution in [2.24, 2.45) is 11.8 Å². The number of allylic oxidation sites excluding steroid dienone is 4. The third kappa shape index (κ3) is 5.92. The minimum atomic E-state index is -1.44. The van der Waals surface area contributed by atoms with Crippen molar-refractivity contribution in [2.45, 2.75) is 45.3 Å². The van der Waals surface area contributed by atoms with Crippen molar-refractivity contribution < 1.29 is 17.0 Å². The average Bonchev–Trinajstić information content (AvgIpc) is 3.13. The van der Waals surface area contributed by atoms with Crippen molar-refractivity contribution in [1.82, 2.24) is 4.57 Å². The van der Waals surface area contributed by atoms with Crippen molar-refractivity contribution >= 4 is 32.4 Å². The molecule has 1 saturated carbocycles. The van der Waals surface area contributed by atoms with E-state index >= 15 is 0 Å². The number of piperazine rings is 1. The van der Waals surface area contributed by atoms with E-state index in [4.69, 9.17) is 18.6 Å². The van der Waals surface area contributed by atoms with Gasteiger partial charge in [0.1, 0.15) is 8.24 Å². The monoisotopic (exact) mass is 498 g/mol. The molecule has 2 nitrogen and oxygen atoms in total. The van der Waals surface area contributed by atoms with E-state index in [2.05, 4.69) is 73.3 Å². The standard InChI is InChI=1S/C23H33N2Si.CH3.2ClH.Ti/c1-17-14-18(2)16-19(15-17)20-6-5-7-22-21(20)8-9-23(22)26(3,4)25-12-10-24-11-13-25;;;;/h5-7,14-16,21-23H,8-13H2,1-4H3;1H3;2*1H;/q2*-1;;;+2/p-2. The summed E-state index contributed by atoms with van der Waals surface area (Å²) in [5.41, 5.74) is 6.68. The number of aryl methyl sites for hydroxylation is 2. The van der Waals surface area contributed by atoms with Crippen LogP contribution in [-0.2, 0) is 17.0 Å². The molecular formula is C24H36Cl2N2SiTi-2. The van der Waals surface area contributed by atoms with E-state index < -0.39 is 25.3 Å². The van der Waals surface area contributed by atoms with Crippen molar-refractivity contribution in [2.75, 3.05) is 26.2 Å². The van der Waals surface area contributed by atoms with Crippen LogP contribution in [0.25, 0.3) is 10.9 Å². The number of hydrogen-bond donors (Lipinski definition) is 0. The van der Waals surface area contributed by atoms with Gasteiger partial charge in [-0.1, -0.05) is 67.1 Å². The molecule has 1 aliphatic heterocycles. The zero-order valence-corrected chi connectivity index (χ0v) is 23.2. The van der Waals surface area contributed by atoms with E-state index in [1.165, 1.54) is 42.6 Å². The molecule has 6 heteroatoms. The molecule has 2 aliphatic carbocycles. The zero-order valence-electron chi connectivity index (χ0n) is 19.1. The van der Waals surface area contributed by atoms with Crippen molar-refractivity contribution in [3.8, 4) is 0 Å². The van der Waals surface area contributed by atoms with Gasteiger partial charge < -0.3 is 17.3 Å². The second-order valence-corrected chi connectivity index (χ2v) is 16.4. The van der Waals surface area contributed by atoms with Gasteiger partial charge in [0.25, 0.3) is 0 Å². The summed E-state index contributed by atoms with van der Waals surface area (Å²) in [6.07, 6.45) is 10.0. The Labute approximate surface area is 202 Å². The fourth-order valence-electron chi connectivity index (χ4n) is 5.76. The molecular weight excluding hydrogens is 463 g/mol. The summed E-state index contributed by atoms with van der Waals surface area (Å²) in [7, 11) is 8.34. The second-order valence-electron chi connectivity index (χ2n) is 9.13. The SMILES string of the molecule is Cc1cc(C)cc(C2=CC=CC3C2CCC3[Si](C)(C)N2CC[N-]CC2)c1.[CH3-].[Cl][Ti][Cl]. The van der Waals surface area contributed by atoms with E-state index in [1.807, 2.05) is 0 Å². The molecule has 1 heterocycles. The molecule has 1 aromatic carbocycles. The Balaban J connectivity index is 0.000000757. The van der Waals surface area contributed by atoms with Crippen LogP contribution in [0.1, 0.15) is 29.5 Å². The van der Waals surface area contributed by atoms with Crippen LogP contribution in [0.4, 0.5) is 0 Å². The van der Waals surface area contributed by atoms with Gasteiger partial charge in [-0.15, -0.1) is 13.1 Å². The summed E-state index contributed by atoms with van der Waals surface area (Å²) in [5, 5.41) is 4.57. The number of fused-ring (bicyclic) bond motifs is 1. The normalized spacial score (nSPS) is 26.1. The quantitative estimate of drug-likeness (QED) is 0.314. The van der Waals surface area contributed by atoms with Crippen molar-refractivity contribution in [3.63, 3.8) is 0 Å².